The maximum Gasteiger partial charge on any atom is 0.242 e. The van der Waals surface area contributed by atoms with Crippen LogP contribution in [0.25, 0.3) is 0 Å². The Balaban J connectivity index is 2.02. The van der Waals surface area contributed by atoms with Gasteiger partial charge in [-0.3, -0.25) is 4.79 Å². The lowest BCUT2D eigenvalue weighted by Gasteiger charge is -2.29. The van der Waals surface area contributed by atoms with Crippen LogP contribution >= 0.6 is 0 Å². The van der Waals surface area contributed by atoms with Crippen LogP contribution in [0.2, 0.25) is 0 Å². The van der Waals surface area contributed by atoms with Gasteiger partial charge >= 0.3 is 0 Å². The van der Waals surface area contributed by atoms with Gasteiger partial charge in [-0.1, -0.05) is 43.7 Å². The number of likely N-dealkylation sites (tertiary alicyclic amines) is 1. The Morgan fingerprint density at radius 2 is 2.10 bits per heavy atom. The molecule has 0 aromatic heterocycles. The largest absolute Gasteiger partial charge is 0.368 e. The van der Waals surface area contributed by atoms with Crippen molar-refractivity contribution in [3.63, 3.8) is 0 Å². The van der Waals surface area contributed by atoms with Crippen molar-refractivity contribution in [2.24, 2.45) is 17.4 Å². The van der Waals surface area contributed by atoms with Crippen molar-refractivity contribution in [2.45, 2.75) is 31.7 Å². The fraction of sp³-hybridized carbons (Fsp3) is 0.562. The highest BCUT2D eigenvalue weighted by molar-refractivity contribution is 5.85. The smallest absolute Gasteiger partial charge is 0.242 e. The van der Waals surface area contributed by atoms with E-state index in [1.165, 1.54) is 12.8 Å². The summed E-state index contributed by atoms with van der Waals surface area (Å²) in [7, 11) is 0. The van der Waals surface area contributed by atoms with E-state index in [-0.39, 0.29) is 0 Å². The number of hydrogen-bond donors (Lipinski definition) is 2. The summed E-state index contributed by atoms with van der Waals surface area (Å²) in [5.74, 6) is 0.336. The first kappa shape index (κ1) is 15.0. The highest BCUT2D eigenvalue weighted by Crippen LogP contribution is 2.25. The SMILES string of the molecule is CCC1CCN(CCC(N)(C(N)=O)c2ccccc2)C1. The maximum absolute atomic E-state index is 11.8. The third-order valence-electron chi connectivity index (χ3n) is 4.50. The van der Waals surface area contributed by atoms with Gasteiger partial charge in [-0.05, 0) is 30.9 Å². The monoisotopic (exact) mass is 275 g/mol. The van der Waals surface area contributed by atoms with Crippen LogP contribution in [-0.4, -0.2) is 30.4 Å². The zero-order valence-electron chi connectivity index (χ0n) is 12.2. The van der Waals surface area contributed by atoms with Crippen LogP contribution in [0.3, 0.4) is 0 Å². The minimum atomic E-state index is -1.06. The molecular formula is C16H25N3O. The predicted octanol–water partition coefficient (Wildman–Crippen LogP) is 1.45. The molecule has 1 aliphatic heterocycles. The molecule has 1 aromatic carbocycles. The summed E-state index contributed by atoms with van der Waals surface area (Å²) in [6, 6.07) is 9.45. The van der Waals surface area contributed by atoms with E-state index in [1.807, 2.05) is 30.3 Å². The van der Waals surface area contributed by atoms with Crippen molar-refractivity contribution in [1.29, 1.82) is 0 Å². The molecule has 1 heterocycles. The number of carbonyl (C=O) groups is 1. The summed E-state index contributed by atoms with van der Waals surface area (Å²) in [4.78, 5) is 14.2. The highest BCUT2D eigenvalue weighted by Gasteiger charge is 2.34. The zero-order chi connectivity index (χ0) is 14.6. The maximum atomic E-state index is 11.8. The van der Waals surface area contributed by atoms with E-state index in [1.54, 1.807) is 0 Å². The van der Waals surface area contributed by atoms with Crippen LogP contribution in [0.4, 0.5) is 0 Å². The van der Waals surface area contributed by atoms with E-state index in [9.17, 15) is 4.79 Å². The number of primary amides is 1. The van der Waals surface area contributed by atoms with E-state index in [2.05, 4.69) is 11.8 Å². The molecule has 1 fully saturated rings. The van der Waals surface area contributed by atoms with Crippen molar-refractivity contribution in [2.75, 3.05) is 19.6 Å². The second-order valence-electron chi connectivity index (χ2n) is 5.82. The van der Waals surface area contributed by atoms with Gasteiger partial charge in [0.05, 0.1) is 0 Å². The molecule has 4 N–H and O–H groups in total. The Morgan fingerprint density at radius 1 is 1.40 bits per heavy atom. The van der Waals surface area contributed by atoms with Crippen LogP contribution < -0.4 is 11.5 Å². The first-order chi connectivity index (χ1) is 9.56. The average molecular weight is 275 g/mol. The highest BCUT2D eigenvalue weighted by atomic mass is 16.1. The van der Waals surface area contributed by atoms with Gasteiger partial charge in [0.25, 0.3) is 0 Å². The van der Waals surface area contributed by atoms with Crippen LogP contribution in [0.1, 0.15) is 31.7 Å². The van der Waals surface area contributed by atoms with Gasteiger partial charge in [0.15, 0.2) is 0 Å². The predicted molar refractivity (Wildman–Crippen MR) is 81.0 cm³/mol. The Hall–Kier alpha value is -1.39. The van der Waals surface area contributed by atoms with E-state index in [0.29, 0.717) is 6.42 Å². The molecule has 1 aromatic rings. The fourth-order valence-electron chi connectivity index (χ4n) is 2.93. The van der Waals surface area contributed by atoms with E-state index < -0.39 is 11.4 Å². The molecule has 0 saturated carbocycles. The molecule has 1 saturated heterocycles. The Bertz CT molecular complexity index is 448. The lowest BCUT2D eigenvalue weighted by Crippen LogP contribution is -2.50. The standard InChI is InChI=1S/C16H25N3O/c1-2-13-8-10-19(12-13)11-9-16(18,15(17)20)14-6-4-3-5-7-14/h3-7,13H,2,8-12,18H2,1H3,(H2,17,20). The molecule has 0 spiro atoms. The van der Waals surface area contributed by atoms with E-state index in [4.69, 9.17) is 11.5 Å². The van der Waals surface area contributed by atoms with Crippen molar-refractivity contribution >= 4 is 5.91 Å². The number of nitrogens with two attached hydrogens (primary N) is 2. The minimum absolute atomic E-state index is 0.449. The third-order valence-corrected chi connectivity index (χ3v) is 4.50. The third kappa shape index (κ3) is 3.19. The van der Waals surface area contributed by atoms with Crippen molar-refractivity contribution in [3.05, 3.63) is 35.9 Å². The topological polar surface area (TPSA) is 72.3 Å². The van der Waals surface area contributed by atoms with Crippen LogP contribution in [0.5, 0.6) is 0 Å². The molecule has 110 valence electrons. The molecule has 0 aliphatic carbocycles. The molecule has 1 aliphatic rings. The Kier molecular flexibility index (Phi) is 4.78. The van der Waals surface area contributed by atoms with Crippen molar-refractivity contribution in [3.8, 4) is 0 Å². The summed E-state index contributed by atoms with van der Waals surface area (Å²) in [6.07, 6.45) is 3.04. The first-order valence-electron chi connectivity index (χ1n) is 7.43. The van der Waals surface area contributed by atoms with E-state index >= 15 is 0 Å². The lowest BCUT2D eigenvalue weighted by atomic mass is 9.87. The molecule has 2 atom stereocenters. The number of benzene rings is 1. The summed E-state index contributed by atoms with van der Waals surface area (Å²) < 4.78 is 0. The summed E-state index contributed by atoms with van der Waals surface area (Å²) in [5.41, 5.74) is 11.6. The minimum Gasteiger partial charge on any atom is -0.368 e. The average Bonchev–Trinajstić information content (AvgIpc) is 2.93. The quantitative estimate of drug-likeness (QED) is 0.825. The molecule has 2 rings (SSSR count). The number of rotatable bonds is 6. The molecule has 0 radical (unpaired) electrons. The number of hydrogen-bond acceptors (Lipinski definition) is 3. The Morgan fingerprint density at radius 3 is 2.65 bits per heavy atom. The van der Waals surface area contributed by atoms with Gasteiger partial charge in [0, 0.05) is 13.1 Å². The lowest BCUT2D eigenvalue weighted by molar-refractivity contribution is -0.123. The second-order valence-corrected chi connectivity index (χ2v) is 5.82. The normalized spacial score (nSPS) is 22.6. The molecule has 2 unspecified atom stereocenters. The zero-order valence-corrected chi connectivity index (χ0v) is 12.2. The van der Waals surface area contributed by atoms with Crippen molar-refractivity contribution < 1.29 is 4.79 Å². The number of carbonyl (C=O) groups excluding carboxylic acids is 1. The van der Waals surface area contributed by atoms with Gasteiger partial charge in [0.2, 0.25) is 5.91 Å². The van der Waals surface area contributed by atoms with Crippen LogP contribution in [0.15, 0.2) is 30.3 Å². The molecule has 1 amide bonds. The van der Waals surface area contributed by atoms with Crippen LogP contribution in [-0.2, 0) is 10.3 Å². The first-order valence-corrected chi connectivity index (χ1v) is 7.43. The van der Waals surface area contributed by atoms with Crippen LogP contribution in [0, 0.1) is 5.92 Å². The Labute approximate surface area is 121 Å². The van der Waals surface area contributed by atoms with Gasteiger partial charge in [-0.15, -0.1) is 0 Å². The molecule has 4 nitrogen and oxygen atoms in total. The second kappa shape index (κ2) is 6.37. The molecule has 0 bridgehead atoms. The van der Waals surface area contributed by atoms with Gasteiger partial charge < -0.3 is 16.4 Å². The summed E-state index contributed by atoms with van der Waals surface area (Å²) in [6.45, 7) is 5.27. The number of amides is 1. The van der Waals surface area contributed by atoms with Gasteiger partial charge in [0.1, 0.15) is 5.54 Å². The summed E-state index contributed by atoms with van der Waals surface area (Å²) >= 11 is 0. The molecule has 4 heteroatoms. The summed E-state index contributed by atoms with van der Waals surface area (Å²) in [5, 5.41) is 0. The fourth-order valence-corrected chi connectivity index (χ4v) is 2.93. The number of nitrogens with zero attached hydrogens (tertiary/aromatic N) is 1. The van der Waals surface area contributed by atoms with E-state index in [0.717, 1.165) is 31.1 Å². The molecule has 20 heavy (non-hydrogen) atoms. The van der Waals surface area contributed by atoms with Gasteiger partial charge in [-0.25, -0.2) is 0 Å². The molecular weight excluding hydrogens is 250 g/mol. The van der Waals surface area contributed by atoms with Gasteiger partial charge in [-0.2, -0.15) is 0 Å². The van der Waals surface area contributed by atoms with Crippen molar-refractivity contribution in [1.82, 2.24) is 4.90 Å².